The molecule has 6 nitrogen and oxygen atoms in total. The van der Waals surface area contributed by atoms with E-state index in [1.165, 1.54) is 11.7 Å². The van der Waals surface area contributed by atoms with Gasteiger partial charge in [0.05, 0.1) is 24.2 Å². The van der Waals surface area contributed by atoms with Crippen molar-refractivity contribution >= 4 is 29.5 Å². The van der Waals surface area contributed by atoms with Crippen LogP contribution < -0.4 is 4.90 Å². The van der Waals surface area contributed by atoms with Gasteiger partial charge in [0, 0.05) is 32.3 Å². The van der Waals surface area contributed by atoms with Crippen molar-refractivity contribution in [2.45, 2.75) is 0 Å². The largest absolute Gasteiger partial charge is 0.465 e. The molecule has 0 aliphatic carbocycles. The average Bonchev–Trinajstić information content (AvgIpc) is 3.18. The number of hydrogen-bond donors (Lipinski definition) is 0. The summed E-state index contributed by atoms with van der Waals surface area (Å²) in [6, 6.07) is 3.61. The summed E-state index contributed by atoms with van der Waals surface area (Å²) in [6.07, 6.45) is 6.60. The Labute approximate surface area is 120 Å². The minimum Gasteiger partial charge on any atom is -0.465 e. The standard InChI is InChI=1S/C13H14N4O2S/c18-13(4-3-11-2-1-9-19-11)17-7-5-16(6-8-17)12-10-14-20-15-12/h1-4,9-10H,5-8H2. The molecule has 0 atom stereocenters. The molecule has 0 radical (unpaired) electrons. The van der Waals surface area contributed by atoms with E-state index in [0.29, 0.717) is 18.8 Å². The molecule has 2 aromatic heterocycles. The van der Waals surface area contributed by atoms with E-state index in [1.807, 2.05) is 11.0 Å². The van der Waals surface area contributed by atoms with E-state index < -0.39 is 0 Å². The highest BCUT2D eigenvalue weighted by atomic mass is 32.1. The molecule has 1 fully saturated rings. The normalized spacial score (nSPS) is 16.0. The van der Waals surface area contributed by atoms with Crippen LogP contribution >= 0.6 is 11.7 Å². The van der Waals surface area contributed by atoms with Crippen molar-refractivity contribution < 1.29 is 9.21 Å². The summed E-state index contributed by atoms with van der Waals surface area (Å²) in [5, 5.41) is 0. The number of carbonyl (C=O) groups excluding carboxylic acids is 1. The van der Waals surface area contributed by atoms with Gasteiger partial charge in [-0.25, -0.2) is 0 Å². The van der Waals surface area contributed by atoms with Gasteiger partial charge in [0.25, 0.3) is 0 Å². The van der Waals surface area contributed by atoms with Crippen molar-refractivity contribution in [2.75, 3.05) is 31.1 Å². The lowest BCUT2D eigenvalue weighted by atomic mass is 10.3. The van der Waals surface area contributed by atoms with Gasteiger partial charge < -0.3 is 14.2 Å². The monoisotopic (exact) mass is 290 g/mol. The van der Waals surface area contributed by atoms with Gasteiger partial charge in [-0.1, -0.05) is 0 Å². The predicted octanol–water partition coefficient (Wildman–Crippen LogP) is 1.49. The van der Waals surface area contributed by atoms with Gasteiger partial charge in [-0.3, -0.25) is 4.79 Å². The molecule has 1 saturated heterocycles. The van der Waals surface area contributed by atoms with Crippen LogP contribution in [0.2, 0.25) is 0 Å². The molecule has 0 unspecified atom stereocenters. The minimum atomic E-state index is 0.0115. The van der Waals surface area contributed by atoms with Crippen molar-refractivity contribution in [3.63, 3.8) is 0 Å². The Balaban J connectivity index is 1.54. The molecular weight excluding hydrogens is 276 g/mol. The highest BCUT2D eigenvalue weighted by molar-refractivity contribution is 6.99. The van der Waals surface area contributed by atoms with Crippen LogP contribution in [0.4, 0.5) is 5.82 Å². The van der Waals surface area contributed by atoms with Gasteiger partial charge in [0.2, 0.25) is 5.91 Å². The first-order chi connectivity index (χ1) is 9.83. The summed E-state index contributed by atoms with van der Waals surface area (Å²) >= 11 is 1.20. The summed E-state index contributed by atoms with van der Waals surface area (Å²) in [5.74, 6) is 1.59. The average molecular weight is 290 g/mol. The van der Waals surface area contributed by atoms with Crippen molar-refractivity contribution in [2.24, 2.45) is 0 Å². The lowest BCUT2D eigenvalue weighted by molar-refractivity contribution is -0.126. The molecule has 1 amide bonds. The SMILES string of the molecule is O=C(C=Cc1ccco1)N1CCN(c2cnsn2)CC1. The molecule has 0 saturated carbocycles. The molecular formula is C13H14N4O2S. The highest BCUT2D eigenvalue weighted by Crippen LogP contribution is 2.13. The van der Waals surface area contributed by atoms with Crippen LogP contribution in [0.25, 0.3) is 6.08 Å². The lowest BCUT2D eigenvalue weighted by Gasteiger charge is -2.34. The van der Waals surface area contributed by atoms with Crippen LogP contribution in [0.1, 0.15) is 5.76 Å². The Bertz CT molecular complexity index is 572. The molecule has 2 aromatic rings. The maximum atomic E-state index is 12.0. The number of furan rings is 1. The van der Waals surface area contributed by atoms with E-state index in [2.05, 4.69) is 13.6 Å². The van der Waals surface area contributed by atoms with E-state index in [9.17, 15) is 4.79 Å². The molecule has 3 rings (SSSR count). The molecule has 1 aliphatic heterocycles. The molecule has 0 spiro atoms. The first-order valence-electron chi connectivity index (χ1n) is 6.36. The van der Waals surface area contributed by atoms with Crippen LogP contribution in [0, 0.1) is 0 Å². The first kappa shape index (κ1) is 12.9. The second-order valence-corrected chi connectivity index (χ2v) is 4.98. The maximum absolute atomic E-state index is 12.0. The fourth-order valence-electron chi connectivity index (χ4n) is 2.10. The van der Waals surface area contributed by atoms with E-state index >= 15 is 0 Å². The van der Waals surface area contributed by atoms with E-state index in [0.717, 1.165) is 18.9 Å². The van der Waals surface area contributed by atoms with E-state index in [4.69, 9.17) is 4.42 Å². The molecule has 20 heavy (non-hydrogen) atoms. The van der Waals surface area contributed by atoms with Gasteiger partial charge in [0.15, 0.2) is 5.82 Å². The van der Waals surface area contributed by atoms with E-state index in [1.54, 1.807) is 30.7 Å². The molecule has 7 heteroatoms. The zero-order valence-electron chi connectivity index (χ0n) is 10.8. The van der Waals surface area contributed by atoms with Crippen LogP contribution in [-0.2, 0) is 4.79 Å². The Morgan fingerprint density at radius 2 is 2.20 bits per heavy atom. The number of piperazine rings is 1. The number of nitrogens with zero attached hydrogens (tertiary/aromatic N) is 4. The molecule has 0 bridgehead atoms. The van der Waals surface area contributed by atoms with Gasteiger partial charge in [-0.05, 0) is 18.2 Å². The Hall–Kier alpha value is -2.15. The topological polar surface area (TPSA) is 62.5 Å². The van der Waals surface area contributed by atoms with Crippen LogP contribution in [-0.4, -0.2) is 45.7 Å². The van der Waals surface area contributed by atoms with Crippen molar-refractivity contribution in [3.05, 3.63) is 36.4 Å². The fraction of sp³-hybridized carbons (Fsp3) is 0.308. The van der Waals surface area contributed by atoms with Gasteiger partial charge in [-0.15, -0.1) is 0 Å². The fourth-order valence-corrected chi connectivity index (χ4v) is 2.53. The van der Waals surface area contributed by atoms with Gasteiger partial charge in [0.1, 0.15) is 5.76 Å². The first-order valence-corrected chi connectivity index (χ1v) is 7.09. The summed E-state index contributed by atoms with van der Waals surface area (Å²) < 4.78 is 13.4. The Morgan fingerprint density at radius 3 is 2.85 bits per heavy atom. The summed E-state index contributed by atoms with van der Waals surface area (Å²) in [7, 11) is 0. The van der Waals surface area contributed by atoms with E-state index in [-0.39, 0.29) is 5.91 Å². The van der Waals surface area contributed by atoms with Crippen molar-refractivity contribution in [1.29, 1.82) is 0 Å². The zero-order valence-corrected chi connectivity index (χ0v) is 11.6. The third kappa shape index (κ3) is 2.88. The number of hydrogen-bond acceptors (Lipinski definition) is 6. The zero-order chi connectivity index (χ0) is 13.8. The second-order valence-electron chi connectivity index (χ2n) is 4.43. The highest BCUT2D eigenvalue weighted by Gasteiger charge is 2.20. The molecule has 104 valence electrons. The van der Waals surface area contributed by atoms with Crippen molar-refractivity contribution in [1.82, 2.24) is 13.6 Å². The lowest BCUT2D eigenvalue weighted by Crippen LogP contribution is -2.48. The summed E-state index contributed by atoms with van der Waals surface area (Å²) in [4.78, 5) is 16.0. The molecule has 1 aliphatic rings. The summed E-state index contributed by atoms with van der Waals surface area (Å²) in [5.41, 5.74) is 0. The van der Waals surface area contributed by atoms with Gasteiger partial charge in [-0.2, -0.15) is 8.75 Å². The maximum Gasteiger partial charge on any atom is 0.246 e. The van der Waals surface area contributed by atoms with Crippen LogP contribution in [0.5, 0.6) is 0 Å². The smallest absolute Gasteiger partial charge is 0.246 e. The molecule has 3 heterocycles. The van der Waals surface area contributed by atoms with Gasteiger partial charge >= 0.3 is 0 Å². The third-order valence-corrected chi connectivity index (χ3v) is 3.67. The van der Waals surface area contributed by atoms with Crippen LogP contribution in [0.3, 0.4) is 0 Å². The Kier molecular flexibility index (Phi) is 3.78. The van der Waals surface area contributed by atoms with Crippen LogP contribution in [0.15, 0.2) is 35.1 Å². The number of anilines is 1. The number of rotatable bonds is 3. The third-order valence-electron chi connectivity index (χ3n) is 3.20. The quantitative estimate of drug-likeness (QED) is 0.802. The molecule has 0 N–H and O–H groups in total. The number of carbonyl (C=O) groups is 1. The predicted molar refractivity (Wildman–Crippen MR) is 76.4 cm³/mol. The summed E-state index contributed by atoms with van der Waals surface area (Å²) in [6.45, 7) is 2.95. The number of aromatic nitrogens is 2. The number of amides is 1. The molecule has 0 aromatic carbocycles. The Morgan fingerprint density at radius 1 is 1.35 bits per heavy atom. The van der Waals surface area contributed by atoms with Crippen molar-refractivity contribution in [3.8, 4) is 0 Å². The second kappa shape index (κ2) is 5.87. The minimum absolute atomic E-state index is 0.0115.